The van der Waals surface area contributed by atoms with E-state index < -0.39 is 0 Å². The maximum Gasteiger partial charge on any atom is 0.0587 e. The molecule has 0 aromatic heterocycles. The number of hydrogen-bond acceptors (Lipinski definition) is 4. The van der Waals surface area contributed by atoms with Gasteiger partial charge in [0.15, 0.2) is 0 Å². The van der Waals surface area contributed by atoms with Gasteiger partial charge >= 0.3 is 0 Å². The number of ether oxygens (including phenoxy) is 1. The van der Waals surface area contributed by atoms with E-state index in [1.54, 1.807) is 7.11 Å². The smallest absolute Gasteiger partial charge is 0.0587 e. The van der Waals surface area contributed by atoms with Crippen LogP contribution in [0.3, 0.4) is 0 Å². The summed E-state index contributed by atoms with van der Waals surface area (Å²) in [7, 11) is 6.06. The first-order chi connectivity index (χ1) is 10.1. The number of methoxy groups -OCH3 is 1. The van der Waals surface area contributed by atoms with Gasteiger partial charge in [-0.25, -0.2) is 0 Å². The van der Waals surface area contributed by atoms with Gasteiger partial charge in [0.2, 0.25) is 0 Å². The Morgan fingerprint density at radius 2 is 2.24 bits per heavy atom. The standard InChI is InChI=1S/C16H26BrN3O/c1-19(2)14-6-8-20(12-14)16-5-4-13(10-15(16)17)11-18-7-9-21-3/h4-5,10,14,18H,6-9,11-12H2,1-3H3. The van der Waals surface area contributed by atoms with E-state index >= 15 is 0 Å². The number of benzene rings is 1. The van der Waals surface area contributed by atoms with E-state index in [0.717, 1.165) is 32.8 Å². The molecule has 21 heavy (non-hydrogen) atoms. The van der Waals surface area contributed by atoms with Crippen LogP contribution in [0.1, 0.15) is 12.0 Å². The van der Waals surface area contributed by atoms with Crippen LogP contribution >= 0.6 is 15.9 Å². The second kappa shape index (κ2) is 8.13. The van der Waals surface area contributed by atoms with Crippen molar-refractivity contribution < 1.29 is 4.74 Å². The summed E-state index contributed by atoms with van der Waals surface area (Å²) in [5, 5.41) is 3.37. The Hall–Kier alpha value is -0.620. The van der Waals surface area contributed by atoms with Crippen molar-refractivity contribution in [3.8, 4) is 0 Å². The van der Waals surface area contributed by atoms with Gasteiger partial charge in [0.25, 0.3) is 0 Å². The average Bonchev–Trinajstić information content (AvgIpc) is 2.93. The molecule has 1 heterocycles. The van der Waals surface area contributed by atoms with Gasteiger partial charge in [0.1, 0.15) is 0 Å². The molecule has 4 nitrogen and oxygen atoms in total. The van der Waals surface area contributed by atoms with Crippen LogP contribution in [0, 0.1) is 0 Å². The third-order valence-electron chi connectivity index (χ3n) is 4.06. The predicted octanol–water partition coefficient (Wildman–Crippen LogP) is 2.33. The third kappa shape index (κ3) is 4.68. The molecule has 1 aromatic carbocycles. The van der Waals surface area contributed by atoms with Crippen LogP contribution < -0.4 is 10.2 Å². The molecule has 0 saturated carbocycles. The summed E-state index contributed by atoms with van der Waals surface area (Å²) < 4.78 is 6.22. The summed E-state index contributed by atoms with van der Waals surface area (Å²) in [6, 6.07) is 7.32. The topological polar surface area (TPSA) is 27.7 Å². The zero-order chi connectivity index (χ0) is 15.2. The molecule has 2 rings (SSSR count). The van der Waals surface area contributed by atoms with Crippen LogP contribution in [-0.2, 0) is 11.3 Å². The highest BCUT2D eigenvalue weighted by molar-refractivity contribution is 9.10. The van der Waals surface area contributed by atoms with E-state index in [-0.39, 0.29) is 0 Å². The molecule has 0 radical (unpaired) electrons. The molecule has 0 spiro atoms. The quantitative estimate of drug-likeness (QED) is 0.759. The Morgan fingerprint density at radius 1 is 1.43 bits per heavy atom. The third-order valence-corrected chi connectivity index (χ3v) is 4.69. The lowest BCUT2D eigenvalue weighted by Gasteiger charge is -2.23. The van der Waals surface area contributed by atoms with E-state index in [1.165, 1.54) is 22.1 Å². The van der Waals surface area contributed by atoms with Crippen molar-refractivity contribution in [3.05, 3.63) is 28.2 Å². The first-order valence-electron chi connectivity index (χ1n) is 7.51. The number of anilines is 1. The Kier molecular flexibility index (Phi) is 6.48. The highest BCUT2D eigenvalue weighted by atomic mass is 79.9. The van der Waals surface area contributed by atoms with Crippen LogP contribution in [0.5, 0.6) is 0 Å². The minimum Gasteiger partial charge on any atom is -0.383 e. The fourth-order valence-corrected chi connectivity index (χ4v) is 3.38. The Morgan fingerprint density at radius 3 is 2.86 bits per heavy atom. The van der Waals surface area contributed by atoms with Crippen LogP contribution in [-0.4, -0.2) is 58.4 Å². The minimum atomic E-state index is 0.660. The number of halogens is 1. The number of nitrogens with zero attached hydrogens (tertiary/aromatic N) is 2. The molecule has 1 aromatic rings. The average molecular weight is 356 g/mol. The van der Waals surface area contributed by atoms with Gasteiger partial charge in [-0.05, 0) is 54.1 Å². The summed E-state index contributed by atoms with van der Waals surface area (Å²) in [6.07, 6.45) is 1.24. The van der Waals surface area contributed by atoms with Crippen molar-refractivity contribution in [2.75, 3.05) is 52.3 Å². The molecule has 1 unspecified atom stereocenters. The molecule has 1 fully saturated rings. The van der Waals surface area contributed by atoms with Crippen molar-refractivity contribution in [1.29, 1.82) is 0 Å². The van der Waals surface area contributed by atoms with Gasteiger partial charge in [-0.3, -0.25) is 0 Å². The van der Waals surface area contributed by atoms with Gasteiger partial charge in [-0.15, -0.1) is 0 Å². The normalized spacial score (nSPS) is 18.7. The predicted molar refractivity (Wildman–Crippen MR) is 92.0 cm³/mol. The van der Waals surface area contributed by atoms with Gasteiger partial charge in [0.05, 0.1) is 12.3 Å². The molecule has 0 aliphatic carbocycles. The SMILES string of the molecule is COCCNCc1ccc(N2CCC(N(C)C)C2)c(Br)c1. The second-order valence-corrected chi connectivity index (χ2v) is 6.66. The molecule has 1 N–H and O–H groups in total. The van der Waals surface area contributed by atoms with Crippen molar-refractivity contribution in [2.24, 2.45) is 0 Å². The minimum absolute atomic E-state index is 0.660. The van der Waals surface area contributed by atoms with E-state index in [9.17, 15) is 0 Å². The van der Waals surface area contributed by atoms with Crippen molar-refractivity contribution >= 4 is 21.6 Å². The fraction of sp³-hybridized carbons (Fsp3) is 0.625. The molecular formula is C16H26BrN3O. The lowest BCUT2D eigenvalue weighted by molar-refractivity contribution is 0.199. The summed E-state index contributed by atoms with van der Waals surface area (Å²) in [6.45, 7) is 4.75. The van der Waals surface area contributed by atoms with Crippen molar-refractivity contribution in [1.82, 2.24) is 10.2 Å². The van der Waals surface area contributed by atoms with Gasteiger partial charge in [-0.2, -0.15) is 0 Å². The van der Waals surface area contributed by atoms with E-state index in [0.29, 0.717) is 6.04 Å². The van der Waals surface area contributed by atoms with Crippen LogP contribution in [0.15, 0.2) is 22.7 Å². The molecule has 118 valence electrons. The van der Waals surface area contributed by atoms with Gasteiger partial charge in [-0.1, -0.05) is 6.07 Å². The second-order valence-electron chi connectivity index (χ2n) is 5.81. The van der Waals surface area contributed by atoms with Crippen molar-refractivity contribution in [2.45, 2.75) is 19.0 Å². The monoisotopic (exact) mass is 355 g/mol. The molecule has 1 atom stereocenters. The number of rotatable bonds is 7. The van der Waals surface area contributed by atoms with E-state index in [2.05, 4.69) is 63.3 Å². The van der Waals surface area contributed by atoms with Gasteiger partial charge in [0, 0.05) is 43.8 Å². The molecule has 1 aliphatic heterocycles. The Bertz CT molecular complexity index is 453. The summed E-state index contributed by atoms with van der Waals surface area (Å²) in [5.74, 6) is 0. The summed E-state index contributed by atoms with van der Waals surface area (Å²) in [5.41, 5.74) is 2.60. The maximum atomic E-state index is 5.04. The molecule has 1 aliphatic rings. The summed E-state index contributed by atoms with van der Waals surface area (Å²) >= 11 is 3.73. The maximum absolute atomic E-state index is 5.04. The Balaban J connectivity index is 1.93. The van der Waals surface area contributed by atoms with Gasteiger partial charge < -0.3 is 19.9 Å². The largest absolute Gasteiger partial charge is 0.383 e. The lowest BCUT2D eigenvalue weighted by Crippen LogP contribution is -2.31. The first kappa shape index (κ1) is 16.7. The van der Waals surface area contributed by atoms with E-state index in [4.69, 9.17) is 4.74 Å². The zero-order valence-electron chi connectivity index (χ0n) is 13.2. The number of nitrogens with one attached hydrogen (secondary N) is 1. The summed E-state index contributed by atoms with van der Waals surface area (Å²) in [4.78, 5) is 4.79. The number of likely N-dealkylation sites (N-methyl/N-ethyl adjacent to an activating group) is 1. The van der Waals surface area contributed by atoms with Crippen LogP contribution in [0.25, 0.3) is 0 Å². The highest BCUT2D eigenvalue weighted by Gasteiger charge is 2.25. The molecular weight excluding hydrogens is 330 g/mol. The van der Waals surface area contributed by atoms with Crippen molar-refractivity contribution in [3.63, 3.8) is 0 Å². The molecule has 5 heteroatoms. The number of hydrogen-bond donors (Lipinski definition) is 1. The zero-order valence-corrected chi connectivity index (χ0v) is 14.8. The first-order valence-corrected chi connectivity index (χ1v) is 8.30. The lowest BCUT2D eigenvalue weighted by atomic mass is 10.2. The Labute approximate surface area is 136 Å². The van der Waals surface area contributed by atoms with E-state index in [1.807, 2.05) is 0 Å². The van der Waals surface area contributed by atoms with Crippen LogP contribution in [0.2, 0.25) is 0 Å². The van der Waals surface area contributed by atoms with Crippen LogP contribution in [0.4, 0.5) is 5.69 Å². The molecule has 0 amide bonds. The molecule has 0 bridgehead atoms. The molecule has 1 saturated heterocycles. The fourth-order valence-electron chi connectivity index (χ4n) is 2.71. The highest BCUT2D eigenvalue weighted by Crippen LogP contribution is 2.30.